The minimum atomic E-state index is -0.304. The van der Waals surface area contributed by atoms with E-state index in [1.54, 1.807) is 10.8 Å². The Bertz CT molecular complexity index is 944. The van der Waals surface area contributed by atoms with Gasteiger partial charge in [-0.25, -0.2) is 4.79 Å². The van der Waals surface area contributed by atoms with Crippen LogP contribution < -0.4 is 17.0 Å². The smallest absolute Gasteiger partial charge is 0.330 e. The first-order valence-corrected chi connectivity index (χ1v) is 8.34. The van der Waals surface area contributed by atoms with E-state index >= 15 is 0 Å². The highest BCUT2D eigenvalue weighted by atomic mass is 16.2. The Morgan fingerprint density at radius 2 is 1.52 bits per heavy atom. The lowest BCUT2D eigenvalue weighted by atomic mass is 10.1. The number of hydrogen-bond acceptors (Lipinski definition) is 3. The third-order valence-corrected chi connectivity index (χ3v) is 4.10. The molecule has 0 bridgehead atoms. The van der Waals surface area contributed by atoms with E-state index in [0.29, 0.717) is 31.6 Å². The van der Waals surface area contributed by atoms with Crippen molar-refractivity contribution >= 4 is 0 Å². The Hall–Kier alpha value is -2.92. The fraction of sp³-hybridized carbons (Fsp3) is 0.200. The topological polar surface area (TPSA) is 70.0 Å². The highest BCUT2D eigenvalue weighted by Crippen LogP contribution is 2.14. The van der Waals surface area contributed by atoms with E-state index in [0.717, 1.165) is 11.1 Å². The molecular weight excluding hydrogens is 314 g/mol. The molecule has 2 aromatic carbocycles. The summed E-state index contributed by atoms with van der Waals surface area (Å²) in [5.74, 6) is 0. The summed E-state index contributed by atoms with van der Waals surface area (Å²) in [5, 5.41) is 0. The lowest BCUT2D eigenvalue weighted by molar-refractivity contribution is 0.556. The first kappa shape index (κ1) is 16.9. The van der Waals surface area contributed by atoms with E-state index in [4.69, 9.17) is 5.73 Å². The number of hydrogen-bond donors (Lipinski definition) is 1. The van der Waals surface area contributed by atoms with E-state index in [9.17, 15) is 9.59 Å². The van der Waals surface area contributed by atoms with Gasteiger partial charge in [0.05, 0.1) is 12.1 Å². The van der Waals surface area contributed by atoms with Crippen LogP contribution in [-0.4, -0.2) is 15.7 Å². The van der Waals surface area contributed by atoms with Crippen molar-refractivity contribution in [2.75, 3.05) is 6.54 Å². The highest BCUT2D eigenvalue weighted by Gasteiger charge is 2.13. The molecule has 3 aromatic rings. The summed E-state index contributed by atoms with van der Waals surface area (Å²) >= 11 is 0. The van der Waals surface area contributed by atoms with Crippen LogP contribution in [0.1, 0.15) is 12.0 Å². The molecule has 1 aromatic heterocycles. The molecule has 0 unspecified atom stereocenters. The SMILES string of the molecule is NCCCn1c(=O)c(-c2ccccc2)cn(Cc2ccccc2)c1=O. The van der Waals surface area contributed by atoms with Crippen LogP contribution in [0.5, 0.6) is 0 Å². The summed E-state index contributed by atoms with van der Waals surface area (Å²) in [6.07, 6.45) is 2.24. The van der Waals surface area contributed by atoms with Crippen molar-refractivity contribution in [2.45, 2.75) is 19.5 Å². The van der Waals surface area contributed by atoms with Gasteiger partial charge in [0.1, 0.15) is 0 Å². The zero-order valence-electron chi connectivity index (χ0n) is 14.0. The highest BCUT2D eigenvalue weighted by molar-refractivity contribution is 5.61. The molecule has 5 nitrogen and oxygen atoms in total. The van der Waals surface area contributed by atoms with E-state index in [1.807, 2.05) is 60.7 Å². The van der Waals surface area contributed by atoms with Crippen LogP contribution in [0.15, 0.2) is 76.4 Å². The van der Waals surface area contributed by atoms with Crippen LogP contribution in [0.25, 0.3) is 11.1 Å². The van der Waals surface area contributed by atoms with Crippen molar-refractivity contribution in [1.82, 2.24) is 9.13 Å². The Morgan fingerprint density at radius 3 is 2.16 bits per heavy atom. The predicted molar refractivity (Wildman–Crippen MR) is 99.6 cm³/mol. The zero-order valence-corrected chi connectivity index (χ0v) is 14.0. The maximum atomic E-state index is 12.8. The van der Waals surface area contributed by atoms with E-state index in [-0.39, 0.29) is 11.2 Å². The standard InChI is InChI=1S/C20H21N3O2/c21-12-7-13-23-19(24)18(17-10-5-2-6-11-17)15-22(20(23)25)14-16-8-3-1-4-9-16/h1-6,8-11,15H,7,12-14,21H2. The van der Waals surface area contributed by atoms with Gasteiger partial charge in [0.2, 0.25) is 0 Å². The molecule has 0 atom stereocenters. The fourth-order valence-corrected chi connectivity index (χ4v) is 2.81. The fourth-order valence-electron chi connectivity index (χ4n) is 2.81. The minimum absolute atomic E-state index is 0.269. The molecule has 5 heteroatoms. The van der Waals surface area contributed by atoms with Gasteiger partial charge in [0.15, 0.2) is 0 Å². The average molecular weight is 335 g/mol. The van der Waals surface area contributed by atoms with Crippen LogP contribution in [-0.2, 0) is 13.1 Å². The van der Waals surface area contributed by atoms with Crippen LogP contribution in [0.2, 0.25) is 0 Å². The molecule has 0 fully saturated rings. The second-order valence-electron chi connectivity index (χ2n) is 5.90. The molecule has 0 saturated carbocycles. The Labute approximate surface area is 146 Å². The summed E-state index contributed by atoms with van der Waals surface area (Å²) in [4.78, 5) is 25.6. The lowest BCUT2D eigenvalue weighted by Gasteiger charge is -2.13. The number of rotatable bonds is 6. The number of nitrogens with zero attached hydrogens (tertiary/aromatic N) is 2. The molecule has 0 saturated heterocycles. The van der Waals surface area contributed by atoms with E-state index in [1.165, 1.54) is 4.57 Å². The Morgan fingerprint density at radius 1 is 0.880 bits per heavy atom. The van der Waals surface area contributed by atoms with Gasteiger partial charge in [0.25, 0.3) is 5.56 Å². The second kappa shape index (κ2) is 7.77. The molecule has 128 valence electrons. The van der Waals surface area contributed by atoms with Crippen LogP contribution >= 0.6 is 0 Å². The largest absolute Gasteiger partial charge is 0.331 e. The minimum Gasteiger partial charge on any atom is -0.330 e. The van der Waals surface area contributed by atoms with E-state index in [2.05, 4.69) is 0 Å². The monoisotopic (exact) mass is 335 g/mol. The van der Waals surface area contributed by atoms with Crippen LogP contribution in [0, 0.1) is 0 Å². The van der Waals surface area contributed by atoms with Crippen molar-refractivity contribution in [3.05, 3.63) is 93.3 Å². The summed E-state index contributed by atoms with van der Waals surface area (Å²) in [5.41, 5.74) is 7.32. The summed E-state index contributed by atoms with van der Waals surface area (Å²) < 4.78 is 2.88. The maximum Gasteiger partial charge on any atom is 0.331 e. The molecule has 0 aliphatic carbocycles. The molecule has 2 N–H and O–H groups in total. The Kier molecular flexibility index (Phi) is 5.26. The van der Waals surface area contributed by atoms with Crippen LogP contribution in [0.3, 0.4) is 0 Å². The molecule has 25 heavy (non-hydrogen) atoms. The Balaban J connectivity index is 2.14. The normalized spacial score (nSPS) is 10.8. The molecule has 0 aliphatic heterocycles. The van der Waals surface area contributed by atoms with Gasteiger partial charge in [0, 0.05) is 12.7 Å². The molecular formula is C20H21N3O2. The first-order chi connectivity index (χ1) is 12.2. The lowest BCUT2D eigenvalue weighted by Crippen LogP contribution is -2.40. The van der Waals surface area contributed by atoms with Crippen molar-refractivity contribution in [2.24, 2.45) is 5.73 Å². The van der Waals surface area contributed by atoms with Gasteiger partial charge in [-0.3, -0.25) is 13.9 Å². The summed E-state index contributed by atoms with van der Waals surface area (Å²) in [7, 11) is 0. The quantitative estimate of drug-likeness (QED) is 0.750. The zero-order chi connectivity index (χ0) is 17.6. The van der Waals surface area contributed by atoms with Gasteiger partial charge in [-0.2, -0.15) is 0 Å². The van der Waals surface area contributed by atoms with Gasteiger partial charge in [-0.15, -0.1) is 0 Å². The molecule has 0 aliphatic rings. The van der Waals surface area contributed by atoms with Gasteiger partial charge in [-0.05, 0) is 24.1 Å². The van der Waals surface area contributed by atoms with Gasteiger partial charge in [-0.1, -0.05) is 60.7 Å². The average Bonchev–Trinajstić information content (AvgIpc) is 2.65. The third kappa shape index (κ3) is 3.78. The van der Waals surface area contributed by atoms with Gasteiger partial charge >= 0.3 is 5.69 Å². The van der Waals surface area contributed by atoms with E-state index < -0.39 is 0 Å². The third-order valence-electron chi connectivity index (χ3n) is 4.10. The van der Waals surface area contributed by atoms with Crippen molar-refractivity contribution in [3.63, 3.8) is 0 Å². The number of nitrogens with two attached hydrogens (primary N) is 1. The second-order valence-corrected chi connectivity index (χ2v) is 5.90. The number of benzene rings is 2. The molecule has 3 rings (SSSR count). The van der Waals surface area contributed by atoms with Crippen molar-refractivity contribution < 1.29 is 0 Å². The summed E-state index contributed by atoms with van der Waals surface area (Å²) in [6, 6.07) is 19.1. The van der Waals surface area contributed by atoms with Crippen LogP contribution in [0.4, 0.5) is 0 Å². The molecule has 0 spiro atoms. The van der Waals surface area contributed by atoms with Crippen molar-refractivity contribution in [1.29, 1.82) is 0 Å². The molecule has 0 amide bonds. The van der Waals surface area contributed by atoms with Gasteiger partial charge < -0.3 is 5.73 Å². The maximum absolute atomic E-state index is 12.8. The predicted octanol–water partition coefficient (Wildman–Crippen LogP) is 2.07. The molecule has 1 heterocycles. The summed E-state index contributed by atoms with van der Waals surface area (Å²) in [6.45, 7) is 1.17. The first-order valence-electron chi connectivity index (χ1n) is 8.34. The van der Waals surface area contributed by atoms with Crippen molar-refractivity contribution in [3.8, 4) is 11.1 Å². The number of aromatic nitrogens is 2. The molecule has 0 radical (unpaired) electrons.